The topological polar surface area (TPSA) is 74.0 Å². The van der Waals surface area contributed by atoms with E-state index in [4.69, 9.17) is 4.74 Å². The molecule has 1 saturated heterocycles. The molecule has 7 heteroatoms. The zero-order valence-electron chi connectivity index (χ0n) is 19.1. The van der Waals surface area contributed by atoms with Crippen LogP contribution in [-0.2, 0) is 25.3 Å². The van der Waals surface area contributed by atoms with Crippen LogP contribution in [0.1, 0.15) is 34.5 Å². The monoisotopic (exact) mass is 443 g/mol. The second kappa shape index (κ2) is 9.19. The lowest BCUT2D eigenvalue weighted by atomic mass is 9.99. The molecule has 1 N–H and O–H groups in total. The maximum Gasteiger partial charge on any atom is 0.269 e. The fraction of sp³-hybridized carbons (Fsp3) is 0.346. The average Bonchev–Trinajstić information content (AvgIpc) is 3.44. The molecule has 0 saturated carbocycles. The number of carbonyl (C=O) groups excluding carboxylic acids is 1. The summed E-state index contributed by atoms with van der Waals surface area (Å²) in [4.78, 5) is 17.6. The molecule has 1 amide bonds. The van der Waals surface area contributed by atoms with Gasteiger partial charge in [0.2, 0.25) is 0 Å². The van der Waals surface area contributed by atoms with E-state index < -0.39 is 0 Å². The second-order valence-corrected chi connectivity index (χ2v) is 8.84. The normalized spacial score (nSPS) is 14.6. The first-order valence-corrected chi connectivity index (χ1v) is 11.5. The third kappa shape index (κ3) is 4.68. The lowest BCUT2D eigenvalue weighted by Crippen LogP contribution is -2.32. The van der Waals surface area contributed by atoms with Gasteiger partial charge in [-0.25, -0.2) is 4.98 Å². The molecule has 33 heavy (non-hydrogen) atoms. The van der Waals surface area contributed by atoms with Crippen LogP contribution in [0.5, 0.6) is 0 Å². The molecule has 0 atom stereocenters. The Hall–Kier alpha value is -3.45. The second-order valence-electron chi connectivity index (χ2n) is 8.84. The first-order chi connectivity index (χ1) is 16.1. The van der Waals surface area contributed by atoms with Gasteiger partial charge in [-0.3, -0.25) is 9.48 Å². The molecule has 0 bridgehead atoms. The standard InChI is InChI=1S/C26H29N5O2/c1-30-11-7-22-21(15-18-3-5-20(6-4-18)23-8-12-31(2)29-23)16-24(28-25(22)30)26(32)27-17-19-9-13-33-14-10-19/h3-8,11-12,16,19H,9-10,13-15,17H2,1-2H3,(H,27,32). The van der Waals surface area contributed by atoms with Gasteiger partial charge in [-0.15, -0.1) is 0 Å². The number of benzene rings is 1. The highest BCUT2D eigenvalue weighted by Crippen LogP contribution is 2.24. The Kier molecular flexibility index (Phi) is 5.96. The summed E-state index contributed by atoms with van der Waals surface area (Å²) in [6.07, 6.45) is 6.65. The van der Waals surface area contributed by atoms with Crippen molar-refractivity contribution in [3.63, 3.8) is 0 Å². The number of hydrogen-bond donors (Lipinski definition) is 1. The zero-order valence-corrected chi connectivity index (χ0v) is 19.1. The number of nitrogens with zero attached hydrogens (tertiary/aromatic N) is 4. The van der Waals surface area contributed by atoms with E-state index in [0.717, 1.165) is 60.3 Å². The van der Waals surface area contributed by atoms with E-state index in [-0.39, 0.29) is 5.91 Å². The van der Waals surface area contributed by atoms with Crippen LogP contribution in [0.25, 0.3) is 22.3 Å². The van der Waals surface area contributed by atoms with Gasteiger partial charge in [-0.1, -0.05) is 24.3 Å². The first kappa shape index (κ1) is 21.4. The van der Waals surface area contributed by atoms with Gasteiger partial charge in [0.15, 0.2) is 0 Å². The fourth-order valence-electron chi connectivity index (χ4n) is 4.42. The molecule has 4 aromatic rings. The third-order valence-electron chi connectivity index (χ3n) is 6.41. The Balaban J connectivity index is 1.37. The van der Waals surface area contributed by atoms with Crippen LogP contribution >= 0.6 is 0 Å². The van der Waals surface area contributed by atoms with Crippen LogP contribution in [0.2, 0.25) is 0 Å². The van der Waals surface area contributed by atoms with Gasteiger partial charge in [0.05, 0.1) is 5.69 Å². The zero-order chi connectivity index (χ0) is 22.8. The number of pyridine rings is 1. The van der Waals surface area contributed by atoms with Gasteiger partial charge in [0.25, 0.3) is 5.91 Å². The molecular weight excluding hydrogens is 414 g/mol. The lowest BCUT2D eigenvalue weighted by molar-refractivity contribution is 0.0642. The number of fused-ring (bicyclic) bond motifs is 1. The van der Waals surface area contributed by atoms with Crippen molar-refractivity contribution < 1.29 is 9.53 Å². The summed E-state index contributed by atoms with van der Waals surface area (Å²) >= 11 is 0. The summed E-state index contributed by atoms with van der Waals surface area (Å²) in [6, 6.07) is 14.5. The van der Waals surface area contributed by atoms with Crippen molar-refractivity contribution in [2.75, 3.05) is 19.8 Å². The number of aryl methyl sites for hydroxylation is 2. The summed E-state index contributed by atoms with van der Waals surface area (Å²) in [5.41, 5.74) is 5.63. The summed E-state index contributed by atoms with van der Waals surface area (Å²) in [5.74, 6) is 0.356. The average molecular weight is 444 g/mol. The third-order valence-corrected chi connectivity index (χ3v) is 6.41. The largest absolute Gasteiger partial charge is 0.381 e. The van der Waals surface area contributed by atoms with Gasteiger partial charge >= 0.3 is 0 Å². The van der Waals surface area contributed by atoms with E-state index in [1.165, 1.54) is 5.56 Å². The van der Waals surface area contributed by atoms with Crippen molar-refractivity contribution in [3.05, 3.63) is 71.7 Å². The van der Waals surface area contributed by atoms with Crippen molar-refractivity contribution in [1.82, 2.24) is 24.6 Å². The van der Waals surface area contributed by atoms with Crippen LogP contribution in [0, 0.1) is 5.92 Å². The van der Waals surface area contributed by atoms with Gasteiger partial charge < -0.3 is 14.6 Å². The maximum atomic E-state index is 12.9. The number of nitrogens with one attached hydrogen (secondary N) is 1. The molecule has 7 nitrogen and oxygen atoms in total. The molecule has 0 unspecified atom stereocenters. The molecule has 1 aliphatic heterocycles. The summed E-state index contributed by atoms with van der Waals surface area (Å²) in [6.45, 7) is 2.22. The summed E-state index contributed by atoms with van der Waals surface area (Å²) < 4.78 is 9.19. The van der Waals surface area contributed by atoms with Crippen LogP contribution in [0.15, 0.2) is 54.9 Å². The predicted molar refractivity (Wildman–Crippen MR) is 128 cm³/mol. The molecule has 1 aromatic carbocycles. The molecular formula is C26H29N5O2. The first-order valence-electron chi connectivity index (χ1n) is 11.5. The van der Waals surface area contributed by atoms with Crippen molar-refractivity contribution in [3.8, 4) is 11.3 Å². The minimum atomic E-state index is -0.114. The highest BCUT2D eigenvalue weighted by Gasteiger charge is 2.18. The van der Waals surface area contributed by atoms with Crippen molar-refractivity contribution in [2.45, 2.75) is 19.3 Å². The smallest absolute Gasteiger partial charge is 0.269 e. The predicted octanol–water partition coefficient (Wildman–Crippen LogP) is 3.72. The van der Waals surface area contributed by atoms with Crippen molar-refractivity contribution in [1.29, 1.82) is 0 Å². The Bertz CT molecular complexity index is 1270. The fourth-order valence-corrected chi connectivity index (χ4v) is 4.42. The molecule has 3 aromatic heterocycles. The molecule has 0 radical (unpaired) electrons. The quantitative estimate of drug-likeness (QED) is 0.493. The Morgan fingerprint density at radius 2 is 1.88 bits per heavy atom. The Morgan fingerprint density at radius 3 is 2.61 bits per heavy atom. The number of amides is 1. The van der Waals surface area contributed by atoms with E-state index >= 15 is 0 Å². The van der Waals surface area contributed by atoms with Crippen LogP contribution in [-0.4, -0.2) is 45.0 Å². The van der Waals surface area contributed by atoms with Gasteiger partial charge in [-0.2, -0.15) is 5.10 Å². The van der Waals surface area contributed by atoms with E-state index in [1.807, 2.05) is 43.2 Å². The highest BCUT2D eigenvalue weighted by molar-refractivity contribution is 5.95. The van der Waals surface area contributed by atoms with E-state index in [0.29, 0.717) is 18.2 Å². The van der Waals surface area contributed by atoms with Gasteiger partial charge in [0, 0.05) is 57.2 Å². The van der Waals surface area contributed by atoms with Gasteiger partial charge in [0.1, 0.15) is 11.3 Å². The van der Waals surface area contributed by atoms with Gasteiger partial charge in [-0.05, 0) is 54.5 Å². The van der Waals surface area contributed by atoms with Crippen LogP contribution in [0.4, 0.5) is 0 Å². The number of aromatic nitrogens is 4. The van der Waals surface area contributed by atoms with Crippen LogP contribution < -0.4 is 5.32 Å². The minimum absolute atomic E-state index is 0.114. The lowest BCUT2D eigenvalue weighted by Gasteiger charge is -2.22. The molecule has 1 aliphatic rings. The number of carbonyl (C=O) groups is 1. The van der Waals surface area contributed by atoms with E-state index in [9.17, 15) is 4.79 Å². The SMILES string of the molecule is Cn1ccc(-c2ccc(Cc3cc(C(=O)NCC4CCOCC4)nc4c3ccn4C)cc2)n1. The molecule has 4 heterocycles. The van der Waals surface area contributed by atoms with Crippen molar-refractivity contribution in [2.24, 2.45) is 20.0 Å². The molecule has 170 valence electrons. The number of rotatable bonds is 6. The number of hydrogen-bond acceptors (Lipinski definition) is 4. The Labute approximate surface area is 193 Å². The molecule has 0 spiro atoms. The molecule has 5 rings (SSSR count). The summed E-state index contributed by atoms with van der Waals surface area (Å²) in [7, 11) is 3.88. The highest BCUT2D eigenvalue weighted by atomic mass is 16.5. The minimum Gasteiger partial charge on any atom is -0.381 e. The number of ether oxygens (including phenoxy) is 1. The van der Waals surface area contributed by atoms with Crippen LogP contribution in [0.3, 0.4) is 0 Å². The molecule has 1 fully saturated rings. The summed E-state index contributed by atoms with van der Waals surface area (Å²) in [5, 5.41) is 8.64. The van der Waals surface area contributed by atoms with Crippen molar-refractivity contribution >= 4 is 16.9 Å². The Morgan fingerprint density at radius 1 is 1.09 bits per heavy atom. The van der Waals surface area contributed by atoms with E-state index in [2.05, 4.69) is 45.7 Å². The van der Waals surface area contributed by atoms with E-state index in [1.54, 1.807) is 4.68 Å². The molecule has 0 aliphatic carbocycles. The maximum absolute atomic E-state index is 12.9.